The maximum absolute atomic E-state index is 13.2. The molecule has 0 N–H and O–H groups in total. The van der Waals surface area contributed by atoms with Crippen LogP contribution < -0.4 is 0 Å². The van der Waals surface area contributed by atoms with Gasteiger partial charge >= 0.3 is 0 Å². The van der Waals surface area contributed by atoms with Crippen LogP contribution in [0.15, 0.2) is 84.7 Å². The van der Waals surface area contributed by atoms with E-state index < -0.39 is 0 Å². The molecule has 1 heterocycles. The number of hydrogen-bond donors (Lipinski definition) is 0. The van der Waals surface area contributed by atoms with Crippen molar-refractivity contribution in [1.29, 1.82) is 0 Å². The number of pyridine rings is 1. The first-order chi connectivity index (χ1) is 11.3. The Morgan fingerprint density at radius 3 is 2.35 bits per heavy atom. The first-order valence-electron chi connectivity index (χ1n) is 7.48. The molecule has 0 amide bonds. The van der Waals surface area contributed by atoms with Crippen LogP contribution in [0.5, 0.6) is 0 Å². The van der Waals surface area contributed by atoms with Crippen molar-refractivity contribution >= 4 is 11.6 Å². The highest BCUT2D eigenvalue weighted by Crippen LogP contribution is 2.19. The lowest BCUT2D eigenvalue weighted by Crippen LogP contribution is -1.90. The summed E-state index contributed by atoms with van der Waals surface area (Å²) in [6.07, 6.45) is 4.35. The Balaban J connectivity index is 1.99. The van der Waals surface area contributed by atoms with Gasteiger partial charge in [-0.2, -0.15) is 0 Å². The molecule has 0 saturated carbocycles. The number of halogens is 1. The van der Waals surface area contributed by atoms with E-state index in [0.29, 0.717) is 0 Å². The minimum Gasteiger partial charge on any atom is -0.256 e. The zero-order chi connectivity index (χ0) is 15.9. The number of rotatable bonds is 4. The molecule has 3 aromatic rings. The van der Waals surface area contributed by atoms with E-state index >= 15 is 0 Å². The second-order valence-corrected chi connectivity index (χ2v) is 5.19. The molecule has 0 radical (unpaired) electrons. The molecule has 2 aromatic carbocycles. The zero-order valence-corrected chi connectivity index (χ0v) is 12.6. The fraction of sp³-hybridized carbons (Fsp3) is 0.0476. The molecular weight excluding hydrogens is 285 g/mol. The summed E-state index contributed by atoms with van der Waals surface area (Å²) in [6.45, 7) is 0. The van der Waals surface area contributed by atoms with E-state index in [1.165, 1.54) is 17.7 Å². The summed E-state index contributed by atoms with van der Waals surface area (Å²) in [5.41, 5.74) is 7.33. The van der Waals surface area contributed by atoms with Gasteiger partial charge in [-0.1, -0.05) is 48.5 Å². The topological polar surface area (TPSA) is 12.9 Å². The molecule has 0 unspecified atom stereocenters. The molecule has 23 heavy (non-hydrogen) atoms. The van der Waals surface area contributed by atoms with Crippen molar-refractivity contribution in [2.24, 2.45) is 0 Å². The van der Waals surface area contributed by atoms with Crippen LogP contribution in [0.3, 0.4) is 0 Å². The van der Waals surface area contributed by atoms with E-state index in [9.17, 15) is 4.39 Å². The smallest absolute Gasteiger partial charge is 0.123 e. The summed E-state index contributed by atoms with van der Waals surface area (Å²) in [6, 6.07) is 22.4. The third-order valence-corrected chi connectivity index (χ3v) is 3.50. The SMILES string of the molecule is Fc1ccc(C(=C=Cc2ccccn2)Cc2ccccc2)cc1. The van der Waals surface area contributed by atoms with Crippen LogP contribution in [0, 0.1) is 5.82 Å². The molecule has 3 rings (SSSR count). The molecule has 0 atom stereocenters. The van der Waals surface area contributed by atoms with Gasteiger partial charge in [-0.25, -0.2) is 4.39 Å². The van der Waals surface area contributed by atoms with E-state index in [1.807, 2.05) is 42.5 Å². The maximum Gasteiger partial charge on any atom is 0.123 e. The average molecular weight is 301 g/mol. The summed E-state index contributed by atoms with van der Waals surface area (Å²) in [5, 5.41) is 0. The minimum atomic E-state index is -0.235. The predicted molar refractivity (Wildman–Crippen MR) is 92.2 cm³/mol. The summed E-state index contributed by atoms with van der Waals surface area (Å²) in [4.78, 5) is 4.27. The summed E-state index contributed by atoms with van der Waals surface area (Å²) >= 11 is 0. The van der Waals surface area contributed by atoms with E-state index in [2.05, 4.69) is 22.8 Å². The monoisotopic (exact) mass is 301 g/mol. The molecule has 0 aliphatic carbocycles. The lowest BCUT2D eigenvalue weighted by Gasteiger charge is -2.06. The van der Waals surface area contributed by atoms with E-state index in [0.717, 1.165) is 23.3 Å². The molecule has 0 aliphatic rings. The number of benzene rings is 2. The second kappa shape index (κ2) is 7.35. The van der Waals surface area contributed by atoms with Crippen LogP contribution in [0.25, 0.3) is 11.6 Å². The van der Waals surface area contributed by atoms with E-state index in [1.54, 1.807) is 18.3 Å². The number of nitrogens with zero attached hydrogens (tertiary/aromatic N) is 1. The quantitative estimate of drug-likeness (QED) is 0.607. The zero-order valence-electron chi connectivity index (χ0n) is 12.6. The van der Waals surface area contributed by atoms with E-state index in [4.69, 9.17) is 0 Å². The van der Waals surface area contributed by atoms with Crippen molar-refractivity contribution in [2.75, 3.05) is 0 Å². The van der Waals surface area contributed by atoms with Crippen molar-refractivity contribution < 1.29 is 4.39 Å². The normalized spacial score (nSPS) is 9.96. The van der Waals surface area contributed by atoms with Gasteiger partial charge in [-0.3, -0.25) is 4.98 Å². The van der Waals surface area contributed by atoms with Crippen molar-refractivity contribution in [3.63, 3.8) is 0 Å². The second-order valence-electron chi connectivity index (χ2n) is 5.19. The Morgan fingerprint density at radius 1 is 0.913 bits per heavy atom. The minimum absolute atomic E-state index is 0.235. The molecule has 1 aromatic heterocycles. The van der Waals surface area contributed by atoms with Gasteiger partial charge in [0, 0.05) is 24.3 Å². The fourth-order valence-electron chi connectivity index (χ4n) is 2.31. The van der Waals surface area contributed by atoms with Crippen LogP contribution in [-0.4, -0.2) is 4.98 Å². The van der Waals surface area contributed by atoms with Crippen LogP contribution in [-0.2, 0) is 6.42 Å². The van der Waals surface area contributed by atoms with Gasteiger partial charge in [0.25, 0.3) is 0 Å². The van der Waals surface area contributed by atoms with Gasteiger partial charge in [0.05, 0.1) is 5.69 Å². The molecule has 0 fully saturated rings. The van der Waals surface area contributed by atoms with Gasteiger partial charge in [0.15, 0.2) is 0 Å². The maximum atomic E-state index is 13.2. The summed E-state index contributed by atoms with van der Waals surface area (Å²) < 4.78 is 13.2. The van der Waals surface area contributed by atoms with Gasteiger partial charge in [0.2, 0.25) is 0 Å². The first kappa shape index (κ1) is 15.0. The summed E-state index contributed by atoms with van der Waals surface area (Å²) in [5.74, 6) is -0.235. The molecule has 0 spiro atoms. The number of hydrogen-bond acceptors (Lipinski definition) is 1. The Morgan fingerprint density at radius 2 is 1.65 bits per heavy atom. The molecule has 0 saturated heterocycles. The van der Waals surface area contributed by atoms with Crippen LogP contribution in [0.2, 0.25) is 0 Å². The van der Waals surface area contributed by atoms with Gasteiger partial charge in [0.1, 0.15) is 5.82 Å². The molecule has 0 bridgehead atoms. The molecule has 0 aliphatic heterocycles. The fourth-order valence-corrected chi connectivity index (χ4v) is 2.31. The van der Waals surface area contributed by atoms with Crippen LogP contribution >= 0.6 is 0 Å². The highest BCUT2D eigenvalue weighted by atomic mass is 19.1. The van der Waals surface area contributed by atoms with Gasteiger partial charge in [-0.15, -0.1) is 5.73 Å². The predicted octanol–water partition coefficient (Wildman–Crippen LogP) is 5.16. The third-order valence-electron chi connectivity index (χ3n) is 3.50. The number of allylic oxidation sites excluding steroid dienone is 1. The molecule has 1 nitrogen and oxygen atoms in total. The lowest BCUT2D eigenvalue weighted by atomic mass is 9.99. The Labute approximate surface area is 135 Å². The summed E-state index contributed by atoms with van der Waals surface area (Å²) in [7, 11) is 0. The Hall–Kier alpha value is -2.96. The molecule has 112 valence electrons. The van der Waals surface area contributed by atoms with Crippen LogP contribution in [0.1, 0.15) is 16.8 Å². The first-order valence-corrected chi connectivity index (χ1v) is 7.48. The highest BCUT2D eigenvalue weighted by Gasteiger charge is 2.03. The van der Waals surface area contributed by atoms with E-state index in [-0.39, 0.29) is 5.82 Å². The third kappa shape index (κ3) is 4.26. The number of aromatic nitrogens is 1. The van der Waals surface area contributed by atoms with Gasteiger partial charge < -0.3 is 0 Å². The Bertz CT molecular complexity index is 815. The van der Waals surface area contributed by atoms with Gasteiger partial charge in [-0.05, 0) is 35.4 Å². The van der Waals surface area contributed by atoms with Crippen molar-refractivity contribution in [1.82, 2.24) is 4.98 Å². The Kier molecular flexibility index (Phi) is 4.78. The average Bonchev–Trinajstić information content (AvgIpc) is 2.61. The largest absolute Gasteiger partial charge is 0.256 e. The highest BCUT2D eigenvalue weighted by molar-refractivity contribution is 5.70. The van der Waals surface area contributed by atoms with Crippen LogP contribution in [0.4, 0.5) is 4.39 Å². The molecular formula is C21H16FN. The van der Waals surface area contributed by atoms with Crippen molar-refractivity contribution in [2.45, 2.75) is 6.42 Å². The molecule has 2 heteroatoms. The lowest BCUT2D eigenvalue weighted by molar-refractivity contribution is 0.627. The standard InChI is InChI=1S/C21H16FN/c22-20-12-9-18(10-13-20)19(16-17-6-2-1-3-7-17)11-14-21-8-4-5-15-23-21/h1-10,12-15H,16H2. The van der Waals surface area contributed by atoms with Crippen molar-refractivity contribution in [3.05, 3.63) is 107 Å². The van der Waals surface area contributed by atoms with Crippen molar-refractivity contribution in [3.8, 4) is 0 Å².